The van der Waals surface area contributed by atoms with Crippen molar-refractivity contribution < 1.29 is 4.74 Å². The van der Waals surface area contributed by atoms with Gasteiger partial charge in [-0.3, -0.25) is 0 Å². The van der Waals surface area contributed by atoms with Gasteiger partial charge in [-0.15, -0.1) is 0 Å². The summed E-state index contributed by atoms with van der Waals surface area (Å²) in [4.78, 5) is 3.53. The molecule has 0 N–H and O–H groups in total. The summed E-state index contributed by atoms with van der Waals surface area (Å²) in [5, 5.41) is 0. The van der Waals surface area contributed by atoms with E-state index in [1.165, 1.54) is 0 Å². The molecule has 3 heteroatoms. The monoisotopic (exact) mass is 104 g/mol. The van der Waals surface area contributed by atoms with Crippen LogP contribution in [0.5, 0.6) is 0 Å². The van der Waals surface area contributed by atoms with Crippen LogP contribution in [-0.4, -0.2) is 18.5 Å². The van der Waals surface area contributed by atoms with Gasteiger partial charge in [-0.2, -0.15) is 0 Å². The average Bonchev–Trinajstić information content (AvgIpc) is 1.86. The summed E-state index contributed by atoms with van der Waals surface area (Å²) in [6, 6.07) is 0. The van der Waals surface area contributed by atoms with Crippen molar-refractivity contribution in [1.82, 2.24) is 0 Å². The van der Waals surface area contributed by atoms with E-state index in [4.69, 9.17) is 11.6 Å². The van der Waals surface area contributed by atoms with Crippen LogP contribution in [0.4, 0.5) is 0 Å². The van der Waals surface area contributed by atoms with Crippen molar-refractivity contribution >= 4 is 17.8 Å². The molecule has 1 aliphatic rings. The Kier molecular flexibility index (Phi) is 1.08. The number of ether oxygens (including phenoxy) is 1. The number of rotatable bonds is 0. The normalized spacial score (nSPS) is 31.8. The van der Waals surface area contributed by atoms with E-state index in [-0.39, 0.29) is 0 Å². The van der Waals surface area contributed by atoms with Crippen molar-refractivity contribution in [2.45, 2.75) is 5.69 Å². The zero-order chi connectivity index (χ0) is 4.41. The topological polar surface area (TPSA) is 21.6 Å². The number of alkyl halides is 1. The van der Waals surface area contributed by atoms with Crippen molar-refractivity contribution in [3.8, 4) is 0 Å². The molecule has 1 rings (SSSR count). The zero-order valence-corrected chi connectivity index (χ0v) is 3.77. The van der Waals surface area contributed by atoms with Crippen LogP contribution in [0.3, 0.4) is 0 Å². The van der Waals surface area contributed by atoms with Crippen LogP contribution in [0, 0.1) is 0 Å². The predicted molar refractivity (Wildman–Crippen MR) is 23.0 cm³/mol. The number of halogens is 1. The van der Waals surface area contributed by atoms with E-state index in [0.717, 1.165) is 0 Å². The number of aliphatic imine (C=N–C) groups is 1. The SMILES string of the molecule is ClC1N=[C]CO1. The maximum Gasteiger partial charge on any atom is 0.226 e. The molecule has 6 heavy (non-hydrogen) atoms. The number of nitrogens with zero attached hydrogens (tertiary/aromatic N) is 1. The van der Waals surface area contributed by atoms with E-state index in [1.54, 1.807) is 0 Å². The van der Waals surface area contributed by atoms with Crippen LogP contribution in [0.25, 0.3) is 0 Å². The van der Waals surface area contributed by atoms with Crippen LogP contribution in [-0.2, 0) is 4.74 Å². The van der Waals surface area contributed by atoms with E-state index in [0.29, 0.717) is 6.61 Å². The van der Waals surface area contributed by atoms with E-state index < -0.39 is 5.69 Å². The molecule has 1 unspecified atom stereocenters. The highest BCUT2D eigenvalue weighted by Gasteiger charge is 2.03. The van der Waals surface area contributed by atoms with Crippen molar-refractivity contribution in [3.05, 3.63) is 0 Å². The van der Waals surface area contributed by atoms with Crippen LogP contribution in [0.1, 0.15) is 0 Å². The highest BCUT2D eigenvalue weighted by Crippen LogP contribution is 2.02. The van der Waals surface area contributed by atoms with E-state index in [9.17, 15) is 0 Å². The highest BCUT2D eigenvalue weighted by molar-refractivity contribution is 6.20. The molecule has 0 amide bonds. The fourth-order valence-corrected chi connectivity index (χ4v) is 0.384. The summed E-state index contributed by atoms with van der Waals surface area (Å²) in [5.74, 6) is 0. The van der Waals surface area contributed by atoms with Gasteiger partial charge in [-0.25, -0.2) is 4.99 Å². The molecule has 1 atom stereocenters. The smallest absolute Gasteiger partial charge is 0.226 e. The number of hydrogen-bond donors (Lipinski definition) is 0. The fraction of sp³-hybridized carbons (Fsp3) is 0.667. The maximum atomic E-state index is 5.26. The summed E-state index contributed by atoms with van der Waals surface area (Å²) in [6.45, 7) is 0.439. The predicted octanol–water partition coefficient (Wildman–Crippen LogP) is 0.487. The Morgan fingerprint density at radius 3 is 3.00 bits per heavy atom. The van der Waals surface area contributed by atoms with E-state index in [1.807, 2.05) is 0 Å². The van der Waals surface area contributed by atoms with Crippen LogP contribution in [0.15, 0.2) is 4.99 Å². The second kappa shape index (κ2) is 1.58. The summed E-state index contributed by atoms with van der Waals surface area (Å²) < 4.78 is 4.64. The standard InChI is InChI=1S/C3H3ClNO/c4-3-5-1-2-6-3/h3H,2H2. The molecule has 33 valence electrons. The first kappa shape index (κ1) is 4.09. The lowest BCUT2D eigenvalue weighted by Crippen LogP contribution is -1.90. The molecule has 0 aromatic heterocycles. The van der Waals surface area contributed by atoms with Gasteiger partial charge in [0.2, 0.25) is 5.69 Å². The molecular formula is C3H3ClNO. The van der Waals surface area contributed by atoms with Crippen molar-refractivity contribution in [2.24, 2.45) is 4.99 Å². The van der Waals surface area contributed by atoms with Crippen molar-refractivity contribution in [3.63, 3.8) is 0 Å². The minimum Gasteiger partial charge on any atom is -0.337 e. The van der Waals surface area contributed by atoms with Crippen LogP contribution < -0.4 is 0 Å². The zero-order valence-electron chi connectivity index (χ0n) is 3.02. The second-order valence-electron chi connectivity index (χ2n) is 0.890. The Labute approximate surface area is 40.8 Å². The van der Waals surface area contributed by atoms with Gasteiger partial charge in [-0.05, 0) is 0 Å². The average molecular weight is 105 g/mol. The molecule has 0 aliphatic carbocycles. The molecular weight excluding hydrogens is 101 g/mol. The Morgan fingerprint density at radius 2 is 2.83 bits per heavy atom. The summed E-state index contributed by atoms with van der Waals surface area (Å²) in [7, 11) is 0. The maximum absolute atomic E-state index is 5.26. The van der Waals surface area contributed by atoms with Gasteiger partial charge in [0.05, 0.1) is 12.8 Å². The third kappa shape index (κ3) is 0.698. The van der Waals surface area contributed by atoms with E-state index >= 15 is 0 Å². The first-order valence-electron chi connectivity index (χ1n) is 1.58. The second-order valence-corrected chi connectivity index (χ2v) is 1.26. The van der Waals surface area contributed by atoms with Gasteiger partial charge in [0.25, 0.3) is 0 Å². The van der Waals surface area contributed by atoms with Crippen molar-refractivity contribution in [1.29, 1.82) is 0 Å². The molecule has 0 bridgehead atoms. The van der Waals surface area contributed by atoms with Crippen LogP contribution in [0.2, 0.25) is 0 Å². The Hall–Kier alpha value is -0.0800. The first-order chi connectivity index (χ1) is 2.89. The van der Waals surface area contributed by atoms with Gasteiger partial charge >= 0.3 is 0 Å². The first-order valence-corrected chi connectivity index (χ1v) is 2.01. The quantitative estimate of drug-likeness (QED) is 0.324. The molecule has 1 radical (unpaired) electrons. The summed E-state index contributed by atoms with van der Waals surface area (Å²) >= 11 is 5.26. The fourth-order valence-electron chi connectivity index (χ4n) is 0.252. The van der Waals surface area contributed by atoms with Gasteiger partial charge in [0.1, 0.15) is 0 Å². The van der Waals surface area contributed by atoms with Crippen molar-refractivity contribution in [2.75, 3.05) is 6.61 Å². The minimum absolute atomic E-state index is 0.439. The molecule has 0 aromatic carbocycles. The summed E-state index contributed by atoms with van der Waals surface area (Å²) in [6.07, 6.45) is 2.54. The molecule has 0 spiro atoms. The number of hydrogen-bond acceptors (Lipinski definition) is 2. The van der Waals surface area contributed by atoms with E-state index in [2.05, 4.69) is 15.9 Å². The molecule has 1 aliphatic heterocycles. The molecule has 0 aromatic rings. The molecule has 1 heterocycles. The molecule has 0 saturated heterocycles. The Balaban J connectivity index is 2.38. The Morgan fingerprint density at radius 1 is 2.00 bits per heavy atom. The van der Waals surface area contributed by atoms with Gasteiger partial charge in [-0.1, -0.05) is 11.6 Å². The van der Waals surface area contributed by atoms with Gasteiger partial charge < -0.3 is 4.74 Å². The lowest BCUT2D eigenvalue weighted by Gasteiger charge is -1.89. The lowest BCUT2D eigenvalue weighted by atomic mass is 10.8. The molecule has 0 fully saturated rings. The largest absolute Gasteiger partial charge is 0.337 e. The molecule has 0 saturated carbocycles. The summed E-state index contributed by atoms with van der Waals surface area (Å²) in [5.41, 5.74) is -0.468. The van der Waals surface area contributed by atoms with Gasteiger partial charge in [0, 0.05) is 0 Å². The third-order valence-corrected chi connectivity index (χ3v) is 0.702. The van der Waals surface area contributed by atoms with Gasteiger partial charge in [0.15, 0.2) is 0 Å². The third-order valence-electron chi connectivity index (χ3n) is 0.478. The minimum atomic E-state index is -0.468. The van der Waals surface area contributed by atoms with Crippen LogP contribution >= 0.6 is 11.6 Å². The molecule has 2 nitrogen and oxygen atoms in total. The highest BCUT2D eigenvalue weighted by atomic mass is 35.5. The lowest BCUT2D eigenvalue weighted by molar-refractivity contribution is 0.171. The Bertz CT molecular complexity index is 73.2.